The number of carbonyl (C=O) groups excluding carboxylic acids is 2. The minimum absolute atomic E-state index is 0.235. The van der Waals surface area contributed by atoms with Gasteiger partial charge in [-0.3, -0.25) is 4.79 Å². The van der Waals surface area contributed by atoms with Gasteiger partial charge in [0.2, 0.25) is 0 Å². The summed E-state index contributed by atoms with van der Waals surface area (Å²) in [6.07, 6.45) is 0. The maximum Gasteiger partial charge on any atom is 0.344 e. The van der Waals surface area contributed by atoms with Crippen molar-refractivity contribution in [2.45, 2.75) is 27.7 Å². The zero-order valence-corrected chi connectivity index (χ0v) is 15.0. The fourth-order valence-corrected chi connectivity index (χ4v) is 2.20. The molecule has 0 aliphatic rings. The normalized spacial score (nSPS) is 10.2. The number of amides is 1. The van der Waals surface area contributed by atoms with Gasteiger partial charge in [0, 0.05) is 5.69 Å². The van der Waals surface area contributed by atoms with Gasteiger partial charge in [0.1, 0.15) is 5.75 Å². The van der Waals surface area contributed by atoms with Gasteiger partial charge in [-0.05, 0) is 68.1 Å². The summed E-state index contributed by atoms with van der Waals surface area (Å²) >= 11 is 0. The average molecular weight is 341 g/mol. The van der Waals surface area contributed by atoms with Crippen molar-refractivity contribution in [1.82, 2.24) is 0 Å². The van der Waals surface area contributed by atoms with Crippen LogP contribution in [0.3, 0.4) is 0 Å². The molecule has 0 aliphatic heterocycles. The Morgan fingerprint density at radius 3 is 2.32 bits per heavy atom. The van der Waals surface area contributed by atoms with Gasteiger partial charge in [-0.1, -0.05) is 18.2 Å². The van der Waals surface area contributed by atoms with Gasteiger partial charge in [-0.25, -0.2) is 4.79 Å². The van der Waals surface area contributed by atoms with Crippen LogP contribution in [-0.2, 0) is 14.3 Å². The van der Waals surface area contributed by atoms with E-state index in [1.165, 1.54) is 0 Å². The maximum atomic E-state index is 11.9. The summed E-state index contributed by atoms with van der Waals surface area (Å²) in [6.45, 7) is 7.23. The van der Waals surface area contributed by atoms with Crippen molar-refractivity contribution in [2.24, 2.45) is 0 Å². The summed E-state index contributed by atoms with van der Waals surface area (Å²) in [7, 11) is 0. The van der Waals surface area contributed by atoms with Crippen molar-refractivity contribution in [3.63, 3.8) is 0 Å². The molecule has 0 aliphatic carbocycles. The number of esters is 1. The number of hydrogen-bond acceptors (Lipinski definition) is 4. The third-order valence-electron chi connectivity index (χ3n) is 3.84. The Morgan fingerprint density at radius 1 is 0.880 bits per heavy atom. The molecule has 2 rings (SSSR count). The lowest BCUT2D eigenvalue weighted by atomic mass is 10.1. The minimum Gasteiger partial charge on any atom is -0.482 e. The summed E-state index contributed by atoms with van der Waals surface area (Å²) in [5.41, 5.74) is 4.88. The SMILES string of the molecule is Cc1ccc(C)c(OCC(=O)OCC(=O)Nc2ccc(C)c(C)c2)c1. The molecular formula is C20H23NO4. The number of carbonyl (C=O) groups is 2. The van der Waals surface area contributed by atoms with Crippen LogP contribution in [0.5, 0.6) is 5.75 Å². The van der Waals surface area contributed by atoms with E-state index in [4.69, 9.17) is 9.47 Å². The molecule has 132 valence electrons. The first-order valence-electron chi connectivity index (χ1n) is 8.08. The quantitative estimate of drug-likeness (QED) is 0.817. The Labute approximate surface area is 148 Å². The smallest absolute Gasteiger partial charge is 0.344 e. The summed E-state index contributed by atoms with van der Waals surface area (Å²) in [5, 5.41) is 2.70. The molecule has 0 saturated carbocycles. The molecule has 0 radical (unpaired) electrons. The number of nitrogens with one attached hydrogen (secondary N) is 1. The van der Waals surface area contributed by atoms with Crippen molar-refractivity contribution in [2.75, 3.05) is 18.5 Å². The highest BCUT2D eigenvalue weighted by Gasteiger charge is 2.10. The van der Waals surface area contributed by atoms with Crippen LogP contribution < -0.4 is 10.1 Å². The first-order chi connectivity index (χ1) is 11.8. The fourth-order valence-electron chi connectivity index (χ4n) is 2.20. The highest BCUT2D eigenvalue weighted by molar-refractivity contribution is 5.93. The summed E-state index contributed by atoms with van der Waals surface area (Å²) in [6, 6.07) is 11.4. The van der Waals surface area contributed by atoms with E-state index in [2.05, 4.69) is 5.32 Å². The maximum absolute atomic E-state index is 11.9. The third-order valence-corrected chi connectivity index (χ3v) is 3.84. The van der Waals surface area contributed by atoms with Crippen LogP contribution >= 0.6 is 0 Å². The van der Waals surface area contributed by atoms with E-state index in [9.17, 15) is 9.59 Å². The van der Waals surface area contributed by atoms with Gasteiger partial charge in [-0.15, -0.1) is 0 Å². The summed E-state index contributed by atoms with van der Waals surface area (Å²) in [5.74, 6) is -0.337. The molecule has 2 aromatic carbocycles. The number of ether oxygens (including phenoxy) is 2. The molecule has 5 nitrogen and oxygen atoms in total. The number of hydrogen-bond donors (Lipinski definition) is 1. The Balaban J connectivity index is 1.78. The monoisotopic (exact) mass is 341 g/mol. The number of rotatable bonds is 6. The predicted molar refractivity (Wildman–Crippen MR) is 96.9 cm³/mol. The largest absolute Gasteiger partial charge is 0.482 e. The van der Waals surface area contributed by atoms with E-state index >= 15 is 0 Å². The van der Waals surface area contributed by atoms with Gasteiger partial charge >= 0.3 is 5.97 Å². The van der Waals surface area contributed by atoms with Gasteiger partial charge in [-0.2, -0.15) is 0 Å². The molecule has 0 fully saturated rings. The predicted octanol–water partition coefficient (Wildman–Crippen LogP) is 3.48. The minimum atomic E-state index is -0.587. The molecule has 5 heteroatoms. The van der Waals surface area contributed by atoms with E-state index in [1.807, 2.05) is 64.1 Å². The Hall–Kier alpha value is -2.82. The topological polar surface area (TPSA) is 64.6 Å². The van der Waals surface area contributed by atoms with Crippen molar-refractivity contribution in [3.8, 4) is 5.75 Å². The molecule has 1 amide bonds. The number of benzene rings is 2. The van der Waals surface area contributed by atoms with E-state index in [1.54, 1.807) is 0 Å². The lowest BCUT2D eigenvalue weighted by molar-refractivity contribution is -0.149. The molecular weight excluding hydrogens is 318 g/mol. The fraction of sp³-hybridized carbons (Fsp3) is 0.300. The molecule has 0 atom stereocenters. The zero-order chi connectivity index (χ0) is 18.4. The Kier molecular flexibility index (Phi) is 6.17. The van der Waals surface area contributed by atoms with Crippen molar-refractivity contribution in [1.29, 1.82) is 0 Å². The molecule has 1 N–H and O–H groups in total. The molecule has 2 aromatic rings. The second-order valence-electron chi connectivity index (χ2n) is 6.07. The van der Waals surface area contributed by atoms with Crippen LogP contribution in [0.25, 0.3) is 0 Å². The van der Waals surface area contributed by atoms with Gasteiger partial charge in [0.05, 0.1) is 0 Å². The van der Waals surface area contributed by atoms with E-state index in [0.717, 1.165) is 22.3 Å². The van der Waals surface area contributed by atoms with Crippen LogP contribution in [-0.4, -0.2) is 25.1 Å². The standard InChI is InChI=1S/C20H23NO4/c1-13-5-6-15(3)18(9-13)24-12-20(23)25-11-19(22)21-17-8-7-14(2)16(4)10-17/h5-10H,11-12H2,1-4H3,(H,21,22). The second kappa shape index (κ2) is 8.33. The van der Waals surface area contributed by atoms with Gasteiger partial charge in [0.15, 0.2) is 13.2 Å². The van der Waals surface area contributed by atoms with Crippen molar-refractivity contribution < 1.29 is 19.1 Å². The number of anilines is 1. The van der Waals surface area contributed by atoms with Crippen LogP contribution in [0.2, 0.25) is 0 Å². The summed E-state index contributed by atoms with van der Waals surface area (Å²) in [4.78, 5) is 23.6. The Bertz CT molecular complexity index is 783. The van der Waals surface area contributed by atoms with Crippen molar-refractivity contribution in [3.05, 3.63) is 58.7 Å². The van der Waals surface area contributed by atoms with E-state index < -0.39 is 5.97 Å². The molecule has 25 heavy (non-hydrogen) atoms. The van der Waals surface area contributed by atoms with E-state index in [0.29, 0.717) is 11.4 Å². The van der Waals surface area contributed by atoms with Crippen LogP contribution in [0.15, 0.2) is 36.4 Å². The first-order valence-corrected chi connectivity index (χ1v) is 8.08. The lowest BCUT2D eigenvalue weighted by Gasteiger charge is -2.10. The van der Waals surface area contributed by atoms with Gasteiger partial charge < -0.3 is 14.8 Å². The van der Waals surface area contributed by atoms with Crippen LogP contribution in [0, 0.1) is 27.7 Å². The van der Waals surface area contributed by atoms with Crippen molar-refractivity contribution >= 4 is 17.6 Å². The Morgan fingerprint density at radius 2 is 1.60 bits per heavy atom. The second-order valence-corrected chi connectivity index (χ2v) is 6.07. The molecule has 0 spiro atoms. The highest BCUT2D eigenvalue weighted by Crippen LogP contribution is 2.19. The average Bonchev–Trinajstić information content (AvgIpc) is 2.57. The molecule has 0 heterocycles. The number of aryl methyl sites for hydroxylation is 4. The zero-order valence-electron chi connectivity index (χ0n) is 15.0. The first kappa shape index (κ1) is 18.5. The highest BCUT2D eigenvalue weighted by atomic mass is 16.6. The van der Waals surface area contributed by atoms with E-state index in [-0.39, 0.29) is 19.1 Å². The summed E-state index contributed by atoms with van der Waals surface area (Å²) < 4.78 is 10.4. The molecule has 0 aromatic heterocycles. The molecule has 0 saturated heterocycles. The molecule has 0 bridgehead atoms. The lowest BCUT2D eigenvalue weighted by Crippen LogP contribution is -2.23. The van der Waals surface area contributed by atoms with Gasteiger partial charge in [0.25, 0.3) is 5.91 Å². The third kappa shape index (κ3) is 5.64. The van der Waals surface area contributed by atoms with Crippen LogP contribution in [0.1, 0.15) is 22.3 Å². The molecule has 0 unspecified atom stereocenters. The van der Waals surface area contributed by atoms with Crippen LogP contribution in [0.4, 0.5) is 5.69 Å².